The van der Waals surface area contributed by atoms with E-state index in [1.165, 1.54) is 5.56 Å². The summed E-state index contributed by atoms with van der Waals surface area (Å²) in [5.41, 5.74) is 8.07. The smallest absolute Gasteiger partial charge is 0.222 e. The maximum absolute atomic E-state index is 12.0. The zero-order chi connectivity index (χ0) is 13.7. The van der Waals surface area contributed by atoms with E-state index in [-0.39, 0.29) is 18.0 Å². The number of rotatable bonds is 5. The molecule has 0 aliphatic heterocycles. The fraction of sp³-hybridized carbons (Fsp3) is 0.533. The van der Waals surface area contributed by atoms with Crippen molar-refractivity contribution in [3.8, 4) is 0 Å². The van der Waals surface area contributed by atoms with Gasteiger partial charge in [0.1, 0.15) is 0 Å². The molecule has 0 aromatic heterocycles. The molecule has 1 rings (SSSR count). The Hall–Kier alpha value is -1.35. The van der Waals surface area contributed by atoms with Crippen LogP contribution in [0.25, 0.3) is 0 Å². The van der Waals surface area contributed by atoms with Crippen LogP contribution in [0.3, 0.4) is 0 Å². The molecular formula is C15H24N2O. The van der Waals surface area contributed by atoms with Crippen LogP contribution in [-0.2, 0) is 4.79 Å². The van der Waals surface area contributed by atoms with Gasteiger partial charge in [-0.2, -0.15) is 0 Å². The van der Waals surface area contributed by atoms with Crippen molar-refractivity contribution in [3.63, 3.8) is 0 Å². The minimum Gasteiger partial charge on any atom is -0.339 e. The summed E-state index contributed by atoms with van der Waals surface area (Å²) in [5, 5.41) is 0. The molecule has 0 bridgehead atoms. The van der Waals surface area contributed by atoms with E-state index >= 15 is 0 Å². The van der Waals surface area contributed by atoms with Gasteiger partial charge in [0, 0.05) is 19.5 Å². The number of nitrogens with two attached hydrogens (primary N) is 1. The largest absolute Gasteiger partial charge is 0.339 e. The van der Waals surface area contributed by atoms with Crippen LogP contribution < -0.4 is 5.73 Å². The van der Waals surface area contributed by atoms with E-state index in [9.17, 15) is 4.79 Å². The number of amides is 1. The van der Waals surface area contributed by atoms with Crippen LogP contribution in [0.4, 0.5) is 0 Å². The number of aryl methyl sites for hydroxylation is 1. The van der Waals surface area contributed by atoms with Crippen LogP contribution in [0.5, 0.6) is 0 Å². The van der Waals surface area contributed by atoms with Crippen molar-refractivity contribution in [1.29, 1.82) is 0 Å². The van der Waals surface area contributed by atoms with Crippen molar-refractivity contribution in [1.82, 2.24) is 4.90 Å². The Morgan fingerprint density at radius 3 is 2.33 bits per heavy atom. The fourth-order valence-corrected chi connectivity index (χ4v) is 1.81. The topological polar surface area (TPSA) is 46.3 Å². The SMILES string of the molecule is Cc1ccc(C(C)N(C)C(=O)CCC(C)N)cc1. The lowest BCUT2D eigenvalue weighted by Crippen LogP contribution is -2.30. The Bertz CT molecular complexity index is 384. The van der Waals surface area contributed by atoms with Crippen molar-refractivity contribution >= 4 is 5.91 Å². The Labute approximate surface area is 110 Å². The molecule has 2 atom stereocenters. The number of benzene rings is 1. The van der Waals surface area contributed by atoms with Gasteiger partial charge in [0.2, 0.25) is 5.91 Å². The predicted molar refractivity (Wildman–Crippen MR) is 75.2 cm³/mol. The van der Waals surface area contributed by atoms with Gasteiger partial charge in [0.25, 0.3) is 0 Å². The number of carbonyl (C=O) groups excluding carboxylic acids is 1. The van der Waals surface area contributed by atoms with E-state index in [1.54, 1.807) is 4.90 Å². The van der Waals surface area contributed by atoms with Gasteiger partial charge >= 0.3 is 0 Å². The minimum absolute atomic E-state index is 0.0806. The van der Waals surface area contributed by atoms with Crippen LogP contribution in [0.1, 0.15) is 43.9 Å². The number of nitrogens with zero attached hydrogens (tertiary/aromatic N) is 1. The number of hydrogen-bond donors (Lipinski definition) is 1. The first kappa shape index (κ1) is 14.7. The maximum Gasteiger partial charge on any atom is 0.222 e. The van der Waals surface area contributed by atoms with Crippen LogP contribution in [0.15, 0.2) is 24.3 Å². The van der Waals surface area contributed by atoms with Crippen LogP contribution in [0, 0.1) is 6.92 Å². The van der Waals surface area contributed by atoms with Gasteiger partial charge in [-0.05, 0) is 32.8 Å². The van der Waals surface area contributed by atoms with Crippen LogP contribution >= 0.6 is 0 Å². The molecule has 18 heavy (non-hydrogen) atoms. The highest BCUT2D eigenvalue weighted by Gasteiger charge is 2.17. The molecule has 0 fully saturated rings. The van der Waals surface area contributed by atoms with Gasteiger partial charge in [-0.1, -0.05) is 29.8 Å². The highest BCUT2D eigenvalue weighted by molar-refractivity contribution is 5.76. The normalized spacial score (nSPS) is 14.1. The van der Waals surface area contributed by atoms with Crippen molar-refractivity contribution < 1.29 is 4.79 Å². The van der Waals surface area contributed by atoms with Crippen molar-refractivity contribution in [2.45, 2.75) is 45.7 Å². The summed E-state index contributed by atoms with van der Waals surface area (Å²) in [5.74, 6) is 0.153. The summed E-state index contributed by atoms with van der Waals surface area (Å²) >= 11 is 0. The van der Waals surface area contributed by atoms with Crippen molar-refractivity contribution in [2.75, 3.05) is 7.05 Å². The third-order valence-electron chi connectivity index (χ3n) is 3.35. The molecule has 1 amide bonds. The average Bonchev–Trinajstić information content (AvgIpc) is 2.35. The standard InChI is InChI=1S/C15H24N2O/c1-11-5-8-14(9-6-11)13(3)17(4)15(18)10-7-12(2)16/h5-6,8-9,12-13H,7,10,16H2,1-4H3. The molecule has 3 nitrogen and oxygen atoms in total. The molecule has 3 heteroatoms. The molecule has 1 aromatic carbocycles. The quantitative estimate of drug-likeness (QED) is 0.870. The molecule has 2 unspecified atom stereocenters. The van der Waals surface area contributed by atoms with Gasteiger partial charge in [0.15, 0.2) is 0 Å². The monoisotopic (exact) mass is 248 g/mol. The van der Waals surface area contributed by atoms with E-state index in [2.05, 4.69) is 38.1 Å². The Morgan fingerprint density at radius 1 is 1.28 bits per heavy atom. The average molecular weight is 248 g/mol. The number of hydrogen-bond acceptors (Lipinski definition) is 2. The summed E-state index contributed by atoms with van der Waals surface area (Å²) < 4.78 is 0. The first-order valence-corrected chi connectivity index (χ1v) is 6.49. The second-order valence-corrected chi connectivity index (χ2v) is 5.11. The lowest BCUT2D eigenvalue weighted by Gasteiger charge is -2.26. The molecule has 0 saturated heterocycles. The fourth-order valence-electron chi connectivity index (χ4n) is 1.81. The summed E-state index contributed by atoms with van der Waals surface area (Å²) in [4.78, 5) is 13.8. The lowest BCUT2D eigenvalue weighted by molar-refractivity contribution is -0.132. The molecule has 2 N–H and O–H groups in total. The molecule has 0 heterocycles. The molecule has 0 spiro atoms. The first-order chi connectivity index (χ1) is 8.41. The zero-order valence-corrected chi connectivity index (χ0v) is 11.8. The van der Waals surface area contributed by atoms with Gasteiger partial charge in [-0.15, -0.1) is 0 Å². The number of carbonyl (C=O) groups is 1. The van der Waals surface area contributed by atoms with E-state index in [4.69, 9.17) is 5.73 Å². The summed E-state index contributed by atoms with van der Waals surface area (Å²) in [7, 11) is 1.86. The molecule has 100 valence electrons. The van der Waals surface area contributed by atoms with Gasteiger partial charge < -0.3 is 10.6 Å². The first-order valence-electron chi connectivity index (χ1n) is 6.49. The zero-order valence-electron chi connectivity index (χ0n) is 11.8. The summed E-state index contributed by atoms with van der Waals surface area (Å²) in [6.07, 6.45) is 1.26. The summed E-state index contributed by atoms with van der Waals surface area (Å²) in [6.45, 7) is 6.04. The highest BCUT2D eigenvalue weighted by atomic mass is 16.2. The molecule has 1 aromatic rings. The van der Waals surface area contributed by atoms with Gasteiger partial charge in [-0.25, -0.2) is 0 Å². The molecule has 0 aliphatic carbocycles. The molecule has 0 aliphatic rings. The van der Waals surface area contributed by atoms with Gasteiger partial charge in [0.05, 0.1) is 6.04 Å². The van der Waals surface area contributed by atoms with E-state index in [1.807, 2.05) is 14.0 Å². The maximum atomic E-state index is 12.0. The third kappa shape index (κ3) is 4.15. The molecular weight excluding hydrogens is 224 g/mol. The van der Waals surface area contributed by atoms with Gasteiger partial charge in [-0.3, -0.25) is 4.79 Å². The predicted octanol–water partition coefficient (Wildman–Crippen LogP) is 2.64. The van der Waals surface area contributed by atoms with Crippen LogP contribution in [0.2, 0.25) is 0 Å². The second-order valence-electron chi connectivity index (χ2n) is 5.11. The second kappa shape index (κ2) is 6.55. The van der Waals surface area contributed by atoms with Crippen LogP contribution in [-0.4, -0.2) is 23.9 Å². The Balaban J connectivity index is 2.62. The molecule has 0 radical (unpaired) electrons. The van der Waals surface area contributed by atoms with E-state index < -0.39 is 0 Å². The van der Waals surface area contributed by atoms with E-state index in [0.717, 1.165) is 12.0 Å². The Kier molecular flexibility index (Phi) is 5.35. The summed E-state index contributed by atoms with van der Waals surface area (Å²) in [6, 6.07) is 8.49. The van der Waals surface area contributed by atoms with Crippen molar-refractivity contribution in [2.24, 2.45) is 5.73 Å². The lowest BCUT2D eigenvalue weighted by atomic mass is 10.0. The minimum atomic E-state index is 0.0806. The van der Waals surface area contributed by atoms with Crippen molar-refractivity contribution in [3.05, 3.63) is 35.4 Å². The Morgan fingerprint density at radius 2 is 1.83 bits per heavy atom. The van der Waals surface area contributed by atoms with E-state index in [0.29, 0.717) is 6.42 Å². The molecule has 0 saturated carbocycles. The third-order valence-corrected chi connectivity index (χ3v) is 3.35. The highest BCUT2D eigenvalue weighted by Crippen LogP contribution is 2.20.